The molecular formula is C12H24N2O2. The highest BCUT2D eigenvalue weighted by Crippen LogP contribution is 2.23. The average Bonchev–Trinajstić information content (AvgIpc) is 2.75. The molecule has 4 unspecified atom stereocenters. The van der Waals surface area contributed by atoms with E-state index in [-0.39, 0.29) is 24.0 Å². The number of carbonyl (C=O) groups excluding carboxylic acids is 1. The van der Waals surface area contributed by atoms with E-state index in [2.05, 4.69) is 18.7 Å². The minimum absolute atomic E-state index is 0.0724. The molecule has 0 spiro atoms. The molecule has 0 radical (unpaired) electrons. The lowest BCUT2D eigenvalue weighted by atomic mass is 10.0. The number of rotatable bonds is 4. The Labute approximate surface area is 98.1 Å². The lowest BCUT2D eigenvalue weighted by Gasteiger charge is -2.28. The van der Waals surface area contributed by atoms with E-state index in [1.165, 1.54) is 7.11 Å². The number of esters is 1. The summed E-state index contributed by atoms with van der Waals surface area (Å²) in [5.41, 5.74) is 5.90. The van der Waals surface area contributed by atoms with Crippen molar-refractivity contribution in [2.45, 2.75) is 39.3 Å². The molecule has 0 saturated carbocycles. The van der Waals surface area contributed by atoms with Gasteiger partial charge in [-0.2, -0.15) is 0 Å². The third-order valence-corrected chi connectivity index (χ3v) is 3.87. The Bertz CT molecular complexity index is 243. The first-order chi connectivity index (χ1) is 7.47. The average molecular weight is 228 g/mol. The quantitative estimate of drug-likeness (QED) is 0.725. The summed E-state index contributed by atoms with van der Waals surface area (Å²) in [6, 6.07) is 0.474. The second-order valence-electron chi connectivity index (χ2n) is 4.96. The summed E-state index contributed by atoms with van der Waals surface area (Å²) in [5, 5.41) is 0. The molecule has 0 amide bonds. The van der Waals surface area contributed by atoms with Crippen molar-refractivity contribution in [3.8, 4) is 0 Å². The van der Waals surface area contributed by atoms with Gasteiger partial charge in [0, 0.05) is 18.6 Å². The Hall–Kier alpha value is -0.610. The maximum absolute atomic E-state index is 11.5. The number of nitrogens with two attached hydrogens (primary N) is 1. The van der Waals surface area contributed by atoms with Crippen molar-refractivity contribution < 1.29 is 9.53 Å². The van der Waals surface area contributed by atoms with Crippen molar-refractivity contribution in [2.24, 2.45) is 17.6 Å². The van der Waals surface area contributed by atoms with E-state index in [9.17, 15) is 4.79 Å². The van der Waals surface area contributed by atoms with Gasteiger partial charge in [0.05, 0.1) is 13.0 Å². The Morgan fingerprint density at radius 2 is 2.06 bits per heavy atom. The van der Waals surface area contributed by atoms with Gasteiger partial charge >= 0.3 is 5.97 Å². The minimum Gasteiger partial charge on any atom is -0.469 e. The summed E-state index contributed by atoms with van der Waals surface area (Å²) in [6.07, 6.45) is 1.13. The summed E-state index contributed by atoms with van der Waals surface area (Å²) in [7, 11) is 1.44. The molecular weight excluding hydrogens is 204 g/mol. The van der Waals surface area contributed by atoms with Gasteiger partial charge in [0.25, 0.3) is 0 Å². The van der Waals surface area contributed by atoms with E-state index < -0.39 is 0 Å². The molecule has 0 aromatic heterocycles. The molecule has 0 aromatic rings. The summed E-state index contributed by atoms with van der Waals surface area (Å²) in [5.74, 6) is 0.362. The number of nitrogens with zero attached hydrogens (tertiary/aromatic N) is 1. The van der Waals surface area contributed by atoms with E-state index in [4.69, 9.17) is 10.5 Å². The van der Waals surface area contributed by atoms with Crippen LogP contribution in [0.25, 0.3) is 0 Å². The van der Waals surface area contributed by atoms with Crippen LogP contribution in [0, 0.1) is 11.8 Å². The summed E-state index contributed by atoms with van der Waals surface area (Å²) < 4.78 is 4.78. The Morgan fingerprint density at radius 3 is 2.50 bits per heavy atom. The van der Waals surface area contributed by atoms with E-state index in [1.54, 1.807) is 0 Å². The zero-order valence-corrected chi connectivity index (χ0v) is 10.8. The van der Waals surface area contributed by atoms with Crippen LogP contribution in [-0.2, 0) is 9.53 Å². The van der Waals surface area contributed by atoms with E-state index in [1.807, 2.05) is 6.92 Å². The molecule has 4 atom stereocenters. The molecule has 1 saturated heterocycles. The number of methoxy groups -OCH3 is 1. The molecule has 0 aromatic carbocycles. The second-order valence-corrected chi connectivity index (χ2v) is 4.96. The predicted octanol–water partition coefficient (Wildman–Crippen LogP) is 0.853. The van der Waals surface area contributed by atoms with Crippen molar-refractivity contribution >= 4 is 5.97 Å². The third-order valence-electron chi connectivity index (χ3n) is 3.87. The van der Waals surface area contributed by atoms with Crippen LogP contribution >= 0.6 is 0 Å². The van der Waals surface area contributed by atoms with Crippen LogP contribution in [-0.4, -0.2) is 43.2 Å². The fourth-order valence-corrected chi connectivity index (χ4v) is 2.31. The highest BCUT2D eigenvalue weighted by atomic mass is 16.5. The van der Waals surface area contributed by atoms with Gasteiger partial charge in [0.15, 0.2) is 0 Å². The second kappa shape index (κ2) is 5.64. The van der Waals surface area contributed by atoms with Crippen LogP contribution in [0.2, 0.25) is 0 Å². The van der Waals surface area contributed by atoms with Crippen molar-refractivity contribution in [1.82, 2.24) is 4.90 Å². The van der Waals surface area contributed by atoms with Crippen molar-refractivity contribution in [3.05, 3.63) is 0 Å². The van der Waals surface area contributed by atoms with E-state index in [0.29, 0.717) is 5.92 Å². The highest BCUT2D eigenvalue weighted by Gasteiger charge is 2.32. The van der Waals surface area contributed by atoms with Crippen molar-refractivity contribution in [3.63, 3.8) is 0 Å². The number of hydrogen-bond acceptors (Lipinski definition) is 4. The first-order valence-corrected chi connectivity index (χ1v) is 6.04. The summed E-state index contributed by atoms with van der Waals surface area (Å²) in [6.45, 7) is 8.11. The molecule has 0 bridgehead atoms. The maximum Gasteiger partial charge on any atom is 0.309 e. The van der Waals surface area contributed by atoms with Crippen LogP contribution in [0.4, 0.5) is 0 Å². The molecule has 1 aliphatic rings. The standard InChI is InChI=1S/C12H24N2O2/c1-8(12(15)16-4)10(3)14-6-5-11(7-14)9(2)13/h8-11H,5-7,13H2,1-4H3. The van der Waals surface area contributed by atoms with Gasteiger partial charge in [-0.05, 0) is 32.7 Å². The van der Waals surface area contributed by atoms with E-state index >= 15 is 0 Å². The van der Waals surface area contributed by atoms with Gasteiger partial charge < -0.3 is 10.5 Å². The van der Waals surface area contributed by atoms with E-state index in [0.717, 1.165) is 19.5 Å². The Kier molecular flexibility index (Phi) is 4.74. The van der Waals surface area contributed by atoms with Gasteiger partial charge in [-0.1, -0.05) is 6.92 Å². The van der Waals surface area contributed by atoms with Gasteiger partial charge in [0.1, 0.15) is 0 Å². The molecule has 2 N–H and O–H groups in total. The lowest BCUT2D eigenvalue weighted by molar-refractivity contribution is -0.146. The smallest absolute Gasteiger partial charge is 0.309 e. The van der Waals surface area contributed by atoms with Crippen LogP contribution in [0.15, 0.2) is 0 Å². The molecule has 94 valence electrons. The maximum atomic E-state index is 11.5. The van der Waals surface area contributed by atoms with Gasteiger partial charge in [-0.25, -0.2) is 0 Å². The first-order valence-electron chi connectivity index (χ1n) is 6.04. The molecule has 4 nitrogen and oxygen atoms in total. The van der Waals surface area contributed by atoms with Crippen LogP contribution in [0.1, 0.15) is 27.2 Å². The fourth-order valence-electron chi connectivity index (χ4n) is 2.31. The van der Waals surface area contributed by atoms with Gasteiger partial charge in [-0.15, -0.1) is 0 Å². The monoisotopic (exact) mass is 228 g/mol. The minimum atomic E-state index is -0.128. The Balaban J connectivity index is 2.50. The first kappa shape index (κ1) is 13.5. The SMILES string of the molecule is COC(=O)C(C)C(C)N1CCC(C(C)N)C1. The number of ether oxygens (including phenoxy) is 1. The van der Waals surface area contributed by atoms with Crippen molar-refractivity contribution in [1.29, 1.82) is 0 Å². The molecule has 0 aliphatic carbocycles. The van der Waals surface area contributed by atoms with Gasteiger partial charge in [-0.3, -0.25) is 9.69 Å². The number of likely N-dealkylation sites (tertiary alicyclic amines) is 1. The molecule has 4 heteroatoms. The summed E-state index contributed by atoms with van der Waals surface area (Å²) in [4.78, 5) is 13.8. The zero-order chi connectivity index (χ0) is 12.3. The Morgan fingerprint density at radius 1 is 1.44 bits per heavy atom. The molecule has 16 heavy (non-hydrogen) atoms. The zero-order valence-electron chi connectivity index (χ0n) is 10.8. The normalized spacial score (nSPS) is 27.4. The summed E-state index contributed by atoms with van der Waals surface area (Å²) >= 11 is 0. The van der Waals surface area contributed by atoms with Crippen LogP contribution < -0.4 is 5.73 Å². The predicted molar refractivity (Wildman–Crippen MR) is 64.0 cm³/mol. The fraction of sp³-hybridized carbons (Fsp3) is 0.917. The van der Waals surface area contributed by atoms with Crippen LogP contribution in [0.3, 0.4) is 0 Å². The molecule has 1 aliphatic heterocycles. The number of carbonyl (C=O) groups is 1. The topological polar surface area (TPSA) is 55.6 Å². The van der Waals surface area contributed by atoms with Gasteiger partial charge in [0.2, 0.25) is 0 Å². The highest BCUT2D eigenvalue weighted by molar-refractivity contribution is 5.72. The largest absolute Gasteiger partial charge is 0.469 e. The van der Waals surface area contributed by atoms with Crippen LogP contribution in [0.5, 0.6) is 0 Å². The lowest BCUT2D eigenvalue weighted by Crippen LogP contribution is -2.40. The van der Waals surface area contributed by atoms with Crippen molar-refractivity contribution in [2.75, 3.05) is 20.2 Å². The molecule has 1 heterocycles. The molecule has 1 rings (SSSR count). The molecule has 1 fully saturated rings. The third kappa shape index (κ3) is 2.95. The number of hydrogen-bond donors (Lipinski definition) is 1.